The summed E-state index contributed by atoms with van der Waals surface area (Å²) in [6.07, 6.45) is 5.52. The number of ether oxygens (including phenoxy) is 1. The fourth-order valence-electron chi connectivity index (χ4n) is 4.85. The van der Waals surface area contributed by atoms with Crippen LogP contribution < -0.4 is 14.4 Å². The third kappa shape index (κ3) is 7.72. The van der Waals surface area contributed by atoms with Crippen molar-refractivity contribution in [3.8, 4) is 5.75 Å². The van der Waals surface area contributed by atoms with E-state index in [1.54, 1.807) is 31.4 Å². The number of carbonyl (C=O) groups is 2. The quantitative estimate of drug-likeness (QED) is 0.427. The molecule has 208 valence electrons. The van der Waals surface area contributed by atoms with Gasteiger partial charge < -0.3 is 15.0 Å². The van der Waals surface area contributed by atoms with Gasteiger partial charge in [-0.05, 0) is 60.6 Å². The molecule has 38 heavy (non-hydrogen) atoms. The molecule has 0 bridgehead atoms. The van der Waals surface area contributed by atoms with Gasteiger partial charge in [0.15, 0.2) is 0 Å². The summed E-state index contributed by atoms with van der Waals surface area (Å²) in [5.41, 5.74) is 2.31. The normalized spacial score (nSPS) is 14.8. The molecule has 8 nitrogen and oxygen atoms in total. The summed E-state index contributed by atoms with van der Waals surface area (Å²) in [5, 5.41) is 3.12. The molecule has 1 aliphatic rings. The highest BCUT2D eigenvalue weighted by molar-refractivity contribution is 7.92. The summed E-state index contributed by atoms with van der Waals surface area (Å²) in [7, 11) is -2.18. The lowest BCUT2D eigenvalue weighted by molar-refractivity contribution is -0.140. The molecule has 0 heterocycles. The first-order valence-electron chi connectivity index (χ1n) is 13.3. The van der Waals surface area contributed by atoms with Crippen molar-refractivity contribution in [2.75, 3.05) is 24.2 Å². The van der Waals surface area contributed by atoms with Crippen LogP contribution in [0.1, 0.15) is 69.9 Å². The number of nitrogens with zero attached hydrogens (tertiary/aromatic N) is 2. The van der Waals surface area contributed by atoms with Crippen molar-refractivity contribution in [2.24, 2.45) is 0 Å². The van der Waals surface area contributed by atoms with Crippen LogP contribution in [0.25, 0.3) is 0 Å². The first kappa shape index (κ1) is 29.5. The number of sulfonamides is 1. The molecule has 1 atom stereocenters. The Morgan fingerprint density at radius 2 is 1.63 bits per heavy atom. The van der Waals surface area contributed by atoms with E-state index in [9.17, 15) is 18.0 Å². The van der Waals surface area contributed by atoms with E-state index < -0.39 is 28.5 Å². The van der Waals surface area contributed by atoms with Crippen LogP contribution >= 0.6 is 0 Å². The summed E-state index contributed by atoms with van der Waals surface area (Å²) in [6.45, 7) is 5.76. The third-order valence-electron chi connectivity index (χ3n) is 7.13. The highest BCUT2D eigenvalue weighted by Gasteiger charge is 2.33. The number of hydrogen-bond acceptors (Lipinski definition) is 5. The highest BCUT2D eigenvalue weighted by atomic mass is 32.2. The van der Waals surface area contributed by atoms with Crippen LogP contribution in [0.2, 0.25) is 0 Å². The molecule has 0 unspecified atom stereocenters. The van der Waals surface area contributed by atoms with Crippen molar-refractivity contribution in [1.29, 1.82) is 0 Å². The molecule has 0 aromatic heterocycles. The molecule has 3 rings (SSSR count). The lowest BCUT2D eigenvalue weighted by atomic mass is 10.0. The predicted molar refractivity (Wildman–Crippen MR) is 151 cm³/mol. The number of amides is 2. The summed E-state index contributed by atoms with van der Waals surface area (Å²) in [5.74, 6) is 0.341. The Morgan fingerprint density at radius 1 is 1.03 bits per heavy atom. The summed E-state index contributed by atoms with van der Waals surface area (Å²) < 4.78 is 32.0. The molecule has 0 radical (unpaired) electrons. The maximum Gasteiger partial charge on any atom is 0.244 e. The van der Waals surface area contributed by atoms with E-state index in [0.29, 0.717) is 23.8 Å². The van der Waals surface area contributed by atoms with Crippen LogP contribution in [-0.2, 0) is 26.2 Å². The molecule has 2 amide bonds. The minimum absolute atomic E-state index is 0.112. The van der Waals surface area contributed by atoms with Crippen molar-refractivity contribution >= 4 is 27.5 Å². The molecule has 2 aromatic rings. The van der Waals surface area contributed by atoms with Gasteiger partial charge in [-0.15, -0.1) is 0 Å². The zero-order valence-electron chi connectivity index (χ0n) is 23.1. The standard InChI is InChI=1S/C29H41N3O5S/c1-6-27(29(34)30-24-9-7-8-10-24)31(19-22-11-17-26(37-4)18-12-22)28(33)20-32(38(5,35)36)25-15-13-23(14-16-25)21(2)3/h11-18,21,24,27H,6-10,19-20H2,1-5H3,(H,30,34)/t27-/m0/s1. The smallest absolute Gasteiger partial charge is 0.244 e. The predicted octanol–water partition coefficient (Wildman–Crippen LogP) is 4.45. The first-order chi connectivity index (χ1) is 18.0. The SMILES string of the molecule is CC[C@@H](C(=O)NC1CCCC1)N(Cc1ccc(OC)cc1)C(=O)CN(c1ccc(C(C)C)cc1)S(C)(=O)=O. The second-order valence-corrected chi connectivity index (χ2v) is 12.2. The zero-order valence-corrected chi connectivity index (χ0v) is 24.0. The van der Waals surface area contributed by atoms with Gasteiger partial charge >= 0.3 is 0 Å². The van der Waals surface area contributed by atoms with Crippen LogP contribution in [0.4, 0.5) is 5.69 Å². The van der Waals surface area contributed by atoms with Crippen molar-refractivity contribution in [3.63, 3.8) is 0 Å². The van der Waals surface area contributed by atoms with Crippen molar-refractivity contribution < 1.29 is 22.7 Å². The van der Waals surface area contributed by atoms with Crippen molar-refractivity contribution in [2.45, 2.75) is 77.4 Å². The van der Waals surface area contributed by atoms with Crippen LogP contribution in [0.5, 0.6) is 5.75 Å². The number of hydrogen-bond donors (Lipinski definition) is 1. The fraction of sp³-hybridized carbons (Fsp3) is 0.517. The Morgan fingerprint density at radius 3 is 2.13 bits per heavy atom. The Bertz CT molecular complexity index is 1170. The van der Waals surface area contributed by atoms with Gasteiger partial charge in [-0.1, -0.05) is 57.9 Å². The topological polar surface area (TPSA) is 96.0 Å². The minimum atomic E-state index is -3.76. The van der Waals surface area contributed by atoms with Gasteiger partial charge in [0.1, 0.15) is 18.3 Å². The number of benzene rings is 2. The lowest BCUT2D eigenvalue weighted by Gasteiger charge is -2.33. The van der Waals surface area contributed by atoms with Crippen LogP contribution in [0.15, 0.2) is 48.5 Å². The lowest BCUT2D eigenvalue weighted by Crippen LogP contribution is -2.53. The average Bonchev–Trinajstić information content (AvgIpc) is 3.39. The van der Waals surface area contributed by atoms with Gasteiger partial charge in [-0.3, -0.25) is 13.9 Å². The van der Waals surface area contributed by atoms with Gasteiger partial charge in [0.05, 0.1) is 19.1 Å². The molecule has 0 aliphatic heterocycles. The Kier molecular flexibility index (Phi) is 10.2. The second kappa shape index (κ2) is 13.1. The molecule has 2 aromatic carbocycles. The van der Waals surface area contributed by atoms with E-state index in [2.05, 4.69) is 19.2 Å². The van der Waals surface area contributed by atoms with E-state index in [1.165, 1.54) is 4.90 Å². The molecule has 1 aliphatic carbocycles. The van der Waals surface area contributed by atoms with E-state index in [-0.39, 0.29) is 18.5 Å². The Hall–Kier alpha value is -3.07. The number of carbonyl (C=O) groups excluding carboxylic acids is 2. The van der Waals surface area contributed by atoms with Crippen LogP contribution in [0, 0.1) is 0 Å². The molecule has 1 fully saturated rings. The zero-order chi connectivity index (χ0) is 27.9. The molecule has 1 N–H and O–H groups in total. The van der Waals surface area contributed by atoms with E-state index in [4.69, 9.17) is 4.74 Å². The monoisotopic (exact) mass is 543 g/mol. The maximum atomic E-state index is 13.8. The van der Waals surface area contributed by atoms with Crippen LogP contribution in [-0.4, -0.2) is 57.1 Å². The second-order valence-electron chi connectivity index (χ2n) is 10.3. The molecular weight excluding hydrogens is 502 g/mol. The first-order valence-corrected chi connectivity index (χ1v) is 15.2. The van der Waals surface area contributed by atoms with Gasteiger partial charge in [0, 0.05) is 12.6 Å². The van der Waals surface area contributed by atoms with Crippen molar-refractivity contribution in [1.82, 2.24) is 10.2 Å². The Labute approximate surface area is 227 Å². The molecule has 9 heteroatoms. The minimum Gasteiger partial charge on any atom is -0.497 e. The van der Waals surface area contributed by atoms with Gasteiger partial charge in [-0.25, -0.2) is 8.42 Å². The number of nitrogens with one attached hydrogen (secondary N) is 1. The largest absolute Gasteiger partial charge is 0.497 e. The number of anilines is 1. The summed E-state index contributed by atoms with van der Waals surface area (Å²) >= 11 is 0. The average molecular weight is 544 g/mol. The van der Waals surface area contributed by atoms with E-state index >= 15 is 0 Å². The van der Waals surface area contributed by atoms with Gasteiger partial charge in [0.25, 0.3) is 0 Å². The van der Waals surface area contributed by atoms with E-state index in [0.717, 1.165) is 47.4 Å². The van der Waals surface area contributed by atoms with Crippen molar-refractivity contribution in [3.05, 3.63) is 59.7 Å². The van der Waals surface area contributed by atoms with Gasteiger partial charge in [0.2, 0.25) is 21.8 Å². The number of rotatable bonds is 12. The summed E-state index contributed by atoms with van der Waals surface area (Å²) in [4.78, 5) is 28.7. The fourth-order valence-corrected chi connectivity index (χ4v) is 5.70. The molecule has 0 spiro atoms. The number of methoxy groups -OCH3 is 1. The van der Waals surface area contributed by atoms with Crippen LogP contribution in [0.3, 0.4) is 0 Å². The molecular formula is C29H41N3O5S. The molecule has 0 saturated heterocycles. The maximum absolute atomic E-state index is 13.8. The van der Waals surface area contributed by atoms with Gasteiger partial charge in [-0.2, -0.15) is 0 Å². The van der Waals surface area contributed by atoms with E-state index in [1.807, 2.05) is 31.2 Å². The highest BCUT2D eigenvalue weighted by Crippen LogP contribution is 2.24. The summed E-state index contributed by atoms with van der Waals surface area (Å²) in [6, 6.07) is 13.9. The molecule has 1 saturated carbocycles. The Balaban J connectivity index is 1.91. The third-order valence-corrected chi connectivity index (χ3v) is 8.27.